The number of unbranched alkanes of at least 4 members (excludes halogenated alkanes) is 2. The minimum Gasteiger partial charge on any atom is -0.120 e. The topological polar surface area (TPSA) is 0 Å². The van der Waals surface area contributed by atoms with Gasteiger partial charge in [-0.05, 0) is 56.7 Å². The van der Waals surface area contributed by atoms with Gasteiger partial charge in [0.1, 0.15) is 0 Å². The minimum atomic E-state index is 0.907. The van der Waals surface area contributed by atoms with Crippen molar-refractivity contribution < 1.29 is 0 Å². The van der Waals surface area contributed by atoms with Gasteiger partial charge in [-0.15, -0.1) is 12.3 Å². The predicted octanol–water partition coefficient (Wildman–Crippen LogP) is 3.96. The molecule has 0 saturated carbocycles. The zero-order valence-electron chi connectivity index (χ0n) is 10.1. The molecule has 0 radical (unpaired) electrons. The number of benzene rings is 1. The highest BCUT2D eigenvalue weighted by atomic mass is 14.1. The van der Waals surface area contributed by atoms with E-state index in [0.717, 1.165) is 12.8 Å². The first kappa shape index (κ1) is 11.9. The van der Waals surface area contributed by atoms with Gasteiger partial charge in [-0.3, -0.25) is 0 Å². The fourth-order valence-corrected chi connectivity index (χ4v) is 2.13. The van der Waals surface area contributed by atoms with Crippen molar-refractivity contribution in [1.29, 1.82) is 0 Å². The average molecular weight is 200 g/mol. The Bertz CT molecular complexity index is 343. The minimum absolute atomic E-state index is 0.907. The van der Waals surface area contributed by atoms with E-state index in [1.165, 1.54) is 35.1 Å². The molecule has 0 aromatic heterocycles. The van der Waals surface area contributed by atoms with Crippen LogP contribution in [0.25, 0.3) is 0 Å². The van der Waals surface area contributed by atoms with Crippen molar-refractivity contribution in [2.24, 2.45) is 0 Å². The molecule has 0 nitrogen and oxygen atoms in total. The zero-order chi connectivity index (χ0) is 11.3. The predicted molar refractivity (Wildman–Crippen MR) is 67.0 cm³/mol. The Morgan fingerprint density at radius 3 is 2.20 bits per heavy atom. The van der Waals surface area contributed by atoms with Crippen molar-refractivity contribution in [1.82, 2.24) is 0 Å². The van der Waals surface area contributed by atoms with Gasteiger partial charge in [-0.2, -0.15) is 0 Å². The summed E-state index contributed by atoms with van der Waals surface area (Å²) >= 11 is 0. The monoisotopic (exact) mass is 200 g/mol. The third-order valence-electron chi connectivity index (χ3n) is 2.84. The Hall–Kier alpha value is -1.22. The van der Waals surface area contributed by atoms with Gasteiger partial charge in [0, 0.05) is 6.42 Å². The van der Waals surface area contributed by atoms with Crippen LogP contribution in [0.1, 0.15) is 41.5 Å². The summed E-state index contributed by atoms with van der Waals surface area (Å²) in [7, 11) is 0. The molecule has 0 saturated heterocycles. The van der Waals surface area contributed by atoms with E-state index in [-0.39, 0.29) is 0 Å². The Kier molecular flexibility index (Phi) is 4.43. The van der Waals surface area contributed by atoms with Crippen LogP contribution in [0.2, 0.25) is 0 Å². The molecule has 0 heteroatoms. The molecule has 0 amide bonds. The van der Waals surface area contributed by atoms with Crippen LogP contribution in [0.4, 0.5) is 0 Å². The lowest BCUT2D eigenvalue weighted by molar-refractivity contribution is 0.750. The summed E-state index contributed by atoms with van der Waals surface area (Å²) in [5.41, 5.74) is 5.72. The van der Waals surface area contributed by atoms with Gasteiger partial charge in [0.2, 0.25) is 0 Å². The molecular weight excluding hydrogens is 180 g/mol. The third-order valence-corrected chi connectivity index (χ3v) is 2.84. The maximum Gasteiger partial charge on any atom is 0.00861 e. The molecule has 0 unspecified atom stereocenters. The number of terminal acetylenes is 1. The molecule has 15 heavy (non-hydrogen) atoms. The summed E-state index contributed by atoms with van der Waals surface area (Å²) in [4.78, 5) is 0. The first-order chi connectivity index (χ1) is 7.15. The first-order valence-corrected chi connectivity index (χ1v) is 5.65. The second-order valence-corrected chi connectivity index (χ2v) is 4.29. The molecule has 0 N–H and O–H groups in total. The normalized spacial score (nSPS) is 10.0. The van der Waals surface area contributed by atoms with E-state index in [4.69, 9.17) is 6.42 Å². The first-order valence-electron chi connectivity index (χ1n) is 5.65. The van der Waals surface area contributed by atoms with Gasteiger partial charge in [-0.25, -0.2) is 0 Å². The van der Waals surface area contributed by atoms with Crippen molar-refractivity contribution in [3.8, 4) is 12.3 Å². The van der Waals surface area contributed by atoms with E-state index in [0.29, 0.717) is 0 Å². The van der Waals surface area contributed by atoms with Crippen LogP contribution in [-0.2, 0) is 6.42 Å². The standard InChI is InChI=1S/C15H20/c1-5-6-7-8-9-15-13(3)10-12(2)11-14(15)4/h1,10-11H,6-9H2,2-4H3. The summed E-state index contributed by atoms with van der Waals surface area (Å²) in [5.74, 6) is 2.69. The summed E-state index contributed by atoms with van der Waals surface area (Å²) < 4.78 is 0. The molecule has 0 atom stereocenters. The van der Waals surface area contributed by atoms with E-state index in [2.05, 4.69) is 38.8 Å². The Balaban J connectivity index is 2.65. The molecule has 0 fully saturated rings. The van der Waals surface area contributed by atoms with Crippen LogP contribution in [0.3, 0.4) is 0 Å². The van der Waals surface area contributed by atoms with Gasteiger partial charge in [-0.1, -0.05) is 17.7 Å². The highest BCUT2D eigenvalue weighted by Gasteiger charge is 2.02. The van der Waals surface area contributed by atoms with Crippen LogP contribution < -0.4 is 0 Å². The van der Waals surface area contributed by atoms with E-state index in [1.807, 2.05) is 0 Å². The molecule has 1 rings (SSSR count). The van der Waals surface area contributed by atoms with Crippen LogP contribution in [0, 0.1) is 33.1 Å². The Morgan fingerprint density at radius 1 is 1.07 bits per heavy atom. The molecule has 0 heterocycles. The van der Waals surface area contributed by atoms with Gasteiger partial charge < -0.3 is 0 Å². The SMILES string of the molecule is C#CCCCCc1c(C)cc(C)cc1C. The van der Waals surface area contributed by atoms with Crippen LogP contribution in [0.15, 0.2) is 12.1 Å². The fraction of sp³-hybridized carbons (Fsp3) is 0.467. The molecule has 0 bridgehead atoms. The van der Waals surface area contributed by atoms with Gasteiger partial charge in [0.05, 0.1) is 0 Å². The second-order valence-electron chi connectivity index (χ2n) is 4.29. The maximum atomic E-state index is 5.24. The van der Waals surface area contributed by atoms with E-state index in [1.54, 1.807) is 0 Å². The van der Waals surface area contributed by atoms with Crippen LogP contribution >= 0.6 is 0 Å². The molecule has 0 aliphatic heterocycles. The summed E-state index contributed by atoms with van der Waals surface area (Å²) in [5, 5.41) is 0. The van der Waals surface area contributed by atoms with Gasteiger partial charge in [0.15, 0.2) is 0 Å². The van der Waals surface area contributed by atoms with Crippen LogP contribution in [-0.4, -0.2) is 0 Å². The average Bonchev–Trinajstić information content (AvgIpc) is 2.15. The largest absolute Gasteiger partial charge is 0.120 e. The lowest BCUT2D eigenvalue weighted by atomic mass is 9.95. The van der Waals surface area contributed by atoms with Crippen molar-refractivity contribution in [3.05, 3.63) is 34.4 Å². The maximum absolute atomic E-state index is 5.24. The number of hydrogen-bond donors (Lipinski definition) is 0. The Labute approximate surface area is 93.7 Å². The van der Waals surface area contributed by atoms with Crippen molar-refractivity contribution in [2.45, 2.75) is 46.5 Å². The third kappa shape index (κ3) is 3.44. The fourth-order valence-electron chi connectivity index (χ4n) is 2.13. The highest BCUT2D eigenvalue weighted by Crippen LogP contribution is 2.18. The Morgan fingerprint density at radius 2 is 1.67 bits per heavy atom. The molecule has 0 aliphatic carbocycles. The quantitative estimate of drug-likeness (QED) is 0.510. The lowest BCUT2D eigenvalue weighted by Crippen LogP contribution is -1.95. The molecule has 80 valence electrons. The number of hydrogen-bond acceptors (Lipinski definition) is 0. The second kappa shape index (κ2) is 5.61. The summed E-state index contributed by atoms with van der Waals surface area (Å²) in [6, 6.07) is 4.53. The molecule has 1 aromatic rings. The van der Waals surface area contributed by atoms with Crippen molar-refractivity contribution >= 4 is 0 Å². The van der Waals surface area contributed by atoms with E-state index >= 15 is 0 Å². The zero-order valence-corrected chi connectivity index (χ0v) is 10.1. The molecular formula is C15H20. The number of aryl methyl sites for hydroxylation is 3. The van der Waals surface area contributed by atoms with E-state index < -0.39 is 0 Å². The molecule has 1 aromatic carbocycles. The summed E-state index contributed by atoms with van der Waals surface area (Å²) in [6.45, 7) is 6.56. The summed E-state index contributed by atoms with van der Waals surface area (Å²) in [6.07, 6.45) is 9.66. The molecule has 0 spiro atoms. The smallest absolute Gasteiger partial charge is 0.00861 e. The van der Waals surface area contributed by atoms with Crippen molar-refractivity contribution in [2.75, 3.05) is 0 Å². The molecule has 0 aliphatic rings. The number of rotatable bonds is 4. The van der Waals surface area contributed by atoms with Crippen LogP contribution in [0.5, 0.6) is 0 Å². The van der Waals surface area contributed by atoms with Crippen molar-refractivity contribution in [3.63, 3.8) is 0 Å². The van der Waals surface area contributed by atoms with E-state index in [9.17, 15) is 0 Å². The lowest BCUT2D eigenvalue weighted by Gasteiger charge is -2.10. The van der Waals surface area contributed by atoms with Gasteiger partial charge in [0.25, 0.3) is 0 Å². The highest BCUT2D eigenvalue weighted by molar-refractivity contribution is 5.37. The van der Waals surface area contributed by atoms with Gasteiger partial charge >= 0.3 is 0 Å².